The van der Waals surface area contributed by atoms with Crippen LogP contribution in [-0.4, -0.2) is 5.54 Å². The van der Waals surface area contributed by atoms with Crippen LogP contribution < -0.4 is 5.73 Å². The van der Waals surface area contributed by atoms with Gasteiger partial charge in [-0.1, -0.05) is 36.8 Å². The molecule has 2 unspecified atom stereocenters. The SMILES string of the molecule is N#CC1(N)CCCC1Cc1ccccc1. The molecule has 0 aliphatic heterocycles. The van der Waals surface area contributed by atoms with Crippen molar-refractivity contribution in [1.82, 2.24) is 0 Å². The van der Waals surface area contributed by atoms with Gasteiger partial charge in [-0.15, -0.1) is 0 Å². The number of nitriles is 1. The Bertz CT molecular complexity index is 366. The van der Waals surface area contributed by atoms with Crippen molar-refractivity contribution < 1.29 is 0 Å². The Kier molecular flexibility index (Phi) is 2.75. The predicted molar refractivity (Wildman–Crippen MR) is 60.0 cm³/mol. The summed E-state index contributed by atoms with van der Waals surface area (Å²) in [5.41, 5.74) is 6.79. The van der Waals surface area contributed by atoms with Crippen molar-refractivity contribution >= 4 is 0 Å². The van der Waals surface area contributed by atoms with E-state index < -0.39 is 5.54 Å². The van der Waals surface area contributed by atoms with E-state index in [2.05, 4.69) is 18.2 Å². The van der Waals surface area contributed by atoms with Gasteiger partial charge in [0.15, 0.2) is 0 Å². The number of rotatable bonds is 2. The molecule has 0 radical (unpaired) electrons. The third kappa shape index (κ3) is 2.03. The zero-order chi connectivity index (χ0) is 10.7. The summed E-state index contributed by atoms with van der Waals surface area (Å²) in [7, 11) is 0. The first-order valence-corrected chi connectivity index (χ1v) is 5.49. The second-order valence-electron chi connectivity index (χ2n) is 4.43. The molecular weight excluding hydrogens is 184 g/mol. The van der Waals surface area contributed by atoms with Crippen molar-refractivity contribution in [2.24, 2.45) is 11.7 Å². The first-order valence-electron chi connectivity index (χ1n) is 5.49. The van der Waals surface area contributed by atoms with Crippen LogP contribution in [-0.2, 0) is 6.42 Å². The molecule has 0 saturated heterocycles. The van der Waals surface area contributed by atoms with Gasteiger partial charge in [0.2, 0.25) is 0 Å². The molecule has 0 bridgehead atoms. The van der Waals surface area contributed by atoms with E-state index in [1.807, 2.05) is 18.2 Å². The Morgan fingerprint density at radius 1 is 1.40 bits per heavy atom. The van der Waals surface area contributed by atoms with Gasteiger partial charge in [-0.25, -0.2) is 0 Å². The molecule has 1 saturated carbocycles. The van der Waals surface area contributed by atoms with Gasteiger partial charge in [-0.2, -0.15) is 5.26 Å². The minimum Gasteiger partial charge on any atom is -0.313 e. The minimum atomic E-state index is -0.587. The van der Waals surface area contributed by atoms with Crippen LogP contribution in [0.3, 0.4) is 0 Å². The van der Waals surface area contributed by atoms with E-state index in [0.717, 1.165) is 25.7 Å². The number of nitrogens with zero attached hydrogens (tertiary/aromatic N) is 1. The predicted octanol–water partition coefficient (Wildman–Crippen LogP) is 2.25. The lowest BCUT2D eigenvalue weighted by Crippen LogP contribution is -2.42. The van der Waals surface area contributed by atoms with Crippen molar-refractivity contribution in [2.75, 3.05) is 0 Å². The monoisotopic (exact) mass is 200 g/mol. The maximum atomic E-state index is 9.10. The third-order valence-corrected chi connectivity index (χ3v) is 3.40. The van der Waals surface area contributed by atoms with Crippen molar-refractivity contribution in [3.05, 3.63) is 35.9 Å². The Hall–Kier alpha value is -1.33. The molecule has 2 rings (SSSR count). The molecule has 0 aromatic heterocycles. The van der Waals surface area contributed by atoms with E-state index >= 15 is 0 Å². The van der Waals surface area contributed by atoms with Crippen molar-refractivity contribution in [2.45, 2.75) is 31.2 Å². The van der Waals surface area contributed by atoms with Crippen molar-refractivity contribution in [3.8, 4) is 6.07 Å². The van der Waals surface area contributed by atoms with Crippen molar-refractivity contribution in [3.63, 3.8) is 0 Å². The van der Waals surface area contributed by atoms with Crippen LogP contribution in [0.25, 0.3) is 0 Å². The fraction of sp³-hybridized carbons (Fsp3) is 0.462. The molecule has 1 aromatic rings. The largest absolute Gasteiger partial charge is 0.313 e. The molecule has 1 aromatic carbocycles. The third-order valence-electron chi connectivity index (χ3n) is 3.40. The first kappa shape index (κ1) is 10.2. The molecule has 0 spiro atoms. The summed E-state index contributed by atoms with van der Waals surface area (Å²) in [4.78, 5) is 0. The molecule has 2 N–H and O–H groups in total. The number of hydrogen-bond donors (Lipinski definition) is 1. The molecule has 1 aliphatic rings. The molecule has 2 atom stereocenters. The lowest BCUT2D eigenvalue weighted by molar-refractivity contribution is 0.395. The van der Waals surface area contributed by atoms with E-state index in [1.54, 1.807) is 0 Å². The zero-order valence-corrected chi connectivity index (χ0v) is 8.82. The summed E-state index contributed by atoms with van der Waals surface area (Å²) < 4.78 is 0. The molecule has 78 valence electrons. The fourth-order valence-corrected chi connectivity index (χ4v) is 2.43. The second-order valence-corrected chi connectivity index (χ2v) is 4.43. The van der Waals surface area contributed by atoms with Crippen molar-refractivity contribution in [1.29, 1.82) is 5.26 Å². The average molecular weight is 200 g/mol. The van der Waals surface area contributed by atoms with Gasteiger partial charge in [0.1, 0.15) is 5.54 Å². The number of hydrogen-bond acceptors (Lipinski definition) is 2. The van der Waals surface area contributed by atoms with E-state index in [-0.39, 0.29) is 0 Å². The first-order chi connectivity index (χ1) is 7.24. The van der Waals surface area contributed by atoms with Crippen LogP contribution >= 0.6 is 0 Å². The standard InChI is InChI=1S/C13H16N2/c14-10-13(15)8-4-7-12(13)9-11-5-2-1-3-6-11/h1-3,5-6,12H,4,7-9,15H2. The number of nitrogens with two attached hydrogens (primary N) is 1. The highest BCUT2D eigenvalue weighted by molar-refractivity contribution is 5.20. The van der Waals surface area contributed by atoms with Gasteiger partial charge in [-0.3, -0.25) is 0 Å². The quantitative estimate of drug-likeness (QED) is 0.796. The van der Waals surface area contributed by atoms with E-state index in [9.17, 15) is 0 Å². The highest BCUT2D eigenvalue weighted by Gasteiger charge is 2.39. The maximum Gasteiger partial charge on any atom is 0.107 e. The minimum absolute atomic E-state index is 0.324. The van der Waals surface area contributed by atoms with Crippen LogP contribution in [0, 0.1) is 17.2 Å². The normalized spacial score (nSPS) is 30.0. The molecule has 0 amide bonds. The highest BCUT2D eigenvalue weighted by atomic mass is 14.8. The topological polar surface area (TPSA) is 49.8 Å². The summed E-state index contributed by atoms with van der Waals surface area (Å²) in [6.07, 6.45) is 3.95. The maximum absolute atomic E-state index is 9.10. The Balaban J connectivity index is 2.10. The van der Waals surface area contributed by atoms with E-state index in [1.165, 1.54) is 5.56 Å². The van der Waals surface area contributed by atoms with Gasteiger partial charge in [0, 0.05) is 0 Å². The molecule has 1 aliphatic carbocycles. The Morgan fingerprint density at radius 3 is 2.80 bits per heavy atom. The van der Waals surface area contributed by atoms with Gasteiger partial charge in [0.25, 0.3) is 0 Å². The summed E-state index contributed by atoms with van der Waals surface area (Å²) >= 11 is 0. The van der Waals surface area contributed by atoms with Gasteiger partial charge in [0.05, 0.1) is 6.07 Å². The summed E-state index contributed by atoms with van der Waals surface area (Å²) in [5.74, 6) is 0.324. The molecule has 2 heteroatoms. The average Bonchev–Trinajstić information content (AvgIpc) is 2.63. The molecule has 0 heterocycles. The van der Waals surface area contributed by atoms with Crippen LogP contribution in [0.5, 0.6) is 0 Å². The number of benzene rings is 1. The smallest absolute Gasteiger partial charge is 0.107 e. The van der Waals surface area contributed by atoms with Crippen LogP contribution in [0.15, 0.2) is 30.3 Å². The molecule has 15 heavy (non-hydrogen) atoms. The van der Waals surface area contributed by atoms with Gasteiger partial charge < -0.3 is 5.73 Å². The lowest BCUT2D eigenvalue weighted by atomic mass is 9.85. The molecule has 2 nitrogen and oxygen atoms in total. The Morgan fingerprint density at radius 2 is 2.13 bits per heavy atom. The van der Waals surface area contributed by atoms with Crippen LogP contribution in [0.4, 0.5) is 0 Å². The fourth-order valence-electron chi connectivity index (χ4n) is 2.43. The Labute approximate surface area is 90.7 Å². The lowest BCUT2D eigenvalue weighted by Gasteiger charge is -2.23. The second kappa shape index (κ2) is 4.04. The van der Waals surface area contributed by atoms with E-state index in [0.29, 0.717) is 5.92 Å². The van der Waals surface area contributed by atoms with E-state index in [4.69, 9.17) is 11.0 Å². The summed E-state index contributed by atoms with van der Waals surface area (Å²) in [6.45, 7) is 0. The van der Waals surface area contributed by atoms with Crippen LogP contribution in [0.2, 0.25) is 0 Å². The van der Waals surface area contributed by atoms with Crippen LogP contribution in [0.1, 0.15) is 24.8 Å². The summed E-state index contributed by atoms with van der Waals surface area (Å²) in [5, 5.41) is 9.10. The summed E-state index contributed by atoms with van der Waals surface area (Å²) in [6, 6.07) is 12.6. The zero-order valence-electron chi connectivity index (χ0n) is 8.82. The molecular formula is C13H16N2. The molecule has 1 fully saturated rings. The van der Waals surface area contributed by atoms with Gasteiger partial charge in [-0.05, 0) is 30.7 Å². The van der Waals surface area contributed by atoms with Gasteiger partial charge >= 0.3 is 0 Å². The highest BCUT2D eigenvalue weighted by Crippen LogP contribution is 2.35.